The van der Waals surface area contributed by atoms with Crippen molar-refractivity contribution in [1.29, 1.82) is 0 Å². The van der Waals surface area contributed by atoms with Crippen LogP contribution in [0.15, 0.2) is 0 Å². The molecule has 2 heterocycles. The number of rotatable bonds is 2. The van der Waals surface area contributed by atoms with Crippen LogP contribution in [-0.2, 0) is 12.8 Å². The molecule has 1 aromatic rings. The molecule has 18 heavy (non-hydrogen) atoms. The lowest BCUT2D eigenvalue weighted by atomic mass is 9.86. The van der Waals surface area contributed by atoms with E-state index in [0.29, 0.717) is 6.04 Å². The van der Waals surface area contributed by atoms with Crippen LogP contribution in [0.4, 0.5) is 5.82 Å². The van der Waals surface area contributed by atoms with Crippen molar-refractivity contribution >= 4 is 5.82 Å². The van der Waals surface area contributed by atoms with Crippen LogP contribution >= 0.6 is 0 Å². The van der Waals surface area contributed by atoms with E-state index in [0.717, 1.165) is 24.6 Å². The number of nitrogens with two attached hydrogens (primary N) is 1. The molecule has 0 spiro atoms. The van der Waals surface area contributed by atoms with Crippen LogP contribution in [0, 0.1) is 5.92 Å². The van der Waals surface area contributed by atoms with Crippen LogP contribution in [0.3, 0.4) is 0 Å². The number of fused-ring (bicyclic) bond motifs is 1. The van der Waals surface area contributed by atoms with Gasteiger partial charge in [-0.3, -0.25) is 0 Å². The van der Waals surface area contributed by atoms with E-state index in [1.807, 2.05) is 0 Å². The van der Waals surface area contributed by atoms with Crippen LogP contribution in [0.25, 0.3) is 0 Å². The van der Waals surface area contributed by atoms with Crippen molar-refractivity contribution in [2.24, 2.45) is 5.92 Å². The summed E-state index contributed by atoms with van der Waals surface area (Å²) in [7, 11) is 0. The monoisotopic (exact) mass is 247 g/mol. The first-order chi connectivity index (χ1) is 8.75. The smallest absolute Gasteiger partial charge is 0.127 e. The molecule has 1 fully saturated rings. The second-order valence-electron chi connectivity index (χ2n) is 6.18. The summed E-state index contributed by atoms with van der Waals surface area (Å²) in [4.78, 5) is 4.83. The van der Waals surface area contributed by atoms with Gasteiger partial charge < -0.3 is 10.3 Å². The van der Waals surface area contributed by atoms with Crippen molar-refractivity contribution in [1.82, 2.24) is 9.55 Å². The minimum Gasteiger partial charge on any atom is -0.384 e. The number of hydrogen-bond donors (Lipinski definition) is 1. The second-order valence-corrected chi connectivity index (χ2v) is 6.18. The summed E-state index contributed by atoms with van der Waals surface area (Å²) in [6, 6.07) is 0.543. The molecule has 2 N–H and O–H groups in total. The Morgan fingerprint density at radius 3 is 2.67 bits per heavy atom. The fourth-order valence-corrected chi connectivity index (χ4v) is 3.71. The molecule has 1 aliphatic carbocycles. The number of nitrogen functional groups attached to an aromatic ring is 1. The van der Waals surface area contributed by atoms with Crippen molar-refractivity contribution < 1.29 is 0 Å². The molecule has 2 aliphatic rings. The van der Waals surface area contributed by atoms with Crippen molar-refractivity contribution in [2.75, 3.05) is 5.73 Å². The lowest BCUT2D eigenvalue weighted by Crippen LogP contribution is -2.17. The van der Waals surface area contributed by atoms with Gasteiger partial charge in [-0.25, -0.2) is 4.98 Å². The third kappa shape index (κ3) is 2.15. The molecule has 3 rings (SSSR count). The van der Waals surface area contributed by atoms with Gasteiger partial charge in [0.05, 0.1) is 5.69 Å². The number of aryl methyl sites for hydroxylation is 1. The van der Waals surface area contributed by atoms with E-state index in [4.69, 9.17) is 10.7 Å². The van der Waals surface area contributed by atoms with Gasteiger partial charge in [-0.1, -0.05) is 32.1 Å². The predicted octanol–water partition coefficient (Wildman–Crippen LogP) is 3.49. The zero-order valence-electron chi connectivity index (χ0n) is 11.5. The summed E-state index contributed by atoms with van der Waals surface area (Å²) in [5.41, 5.74) is 7.52. The van der Waals surface area contributed by atoms with Gasteiger partial charge in [0.25, 0.3) is 0 Å². The normalized spacial score (nSPS) is 25.1. The SMILES string of the molecule is CC1CCCc2nc(CC3CCCCC3)c(N)n21. The topological polar surface area (TPSA) is 43.8 Å². The van der Waals surface area contributed by atoms with Gasteiger partial charge >= 0.3 is 0 Å². The van der Waals surface area contributed by atoms with E-state index >= 15 is 0 Å². The van der Waals surface area contributed by atoms with Crippen molar-refractivity contribution in [3.05, 3.63) is 11.5 Å². The lowest BCUT2D eigenvalue weighted by molar-refractivity contribution is 0.355. The summed E-state index contributed by atoms with van der Waals surface area (Å²) < 4.78 is 2.29. The van der Waals surface area contributed by atoms with E-state index in [2.05, 4.69) is 11.5 Å². The van der Waals surface area contributed by atoms with Gasteiger partial charge in [0, 0.05) is 12.5 Å². The molecule has 3 heteroatoms. The standard InChI is InChI=1S/C15H25N3/c1-11-6-5-9-14-17-13(15(16)18(11)14)10-12-7-3-2-4-8-12/h11-12H,2-10,16H2,1H3. The number of anilines is 1. The van der Waals surface area contributed by atoms with Gasteiger partial charge in [0.2, 0.25) is 0 Å². The van der Waals surface area contributed by atoms with Crippen LogP contribution in [0.5, 0.6) is 0 Å². The maximum Gasteiger partial charge on any atom is 0.127 e. The molecule has 0 amide bonds. The first-order valence-electron chi connectivity index (χ1n) is 7.61. The van der Waals surface area contributed by atoms with Gasteiger partial charge in [-0.05, 0) is 32.1 Å². The number of imidazole rings is 1. The average Bonchev–Trinajstić information content (AvgIpc) is 2.69. The van der Waals surface area contributed by atoms with Crippen molar-refractivity contribution in [3.8, 4) is 0 Å². The number of hydrogen-bond acceptors (Lipinski definition) is 2. The Balaban J connectivity index is 1.80. The molecule has 1 aromatic heterocycles. The Bertz CT molecular complexity index is 416. The first-order valence-corrected chi connectivity index (χ1v) is 7.61. The van der Waals surface area contributed by atoms with Gasteiger partial charge in [-0.15, -0.1) is 0 Å². The molecule has 100 valence electrons. The molecule has 0 aromatic carbocycles. The van der Waals surface area contributed by atoms with E-state index in [1.165, 1.54) is 56.5 Å². The zero-order chi connectivity index (χ0) is 12.5. The maximum absolute atomic E-state index is 6.33. The highest BCUT2D eigenvalue weighted by Gasteiger charge is 2.24. The second kappa shape index (κ2) is 4.94. The van der Waals surface area contributed by atoms with Crippen molar-refractivity contribution in [3.63, 3.8) is 0 Å². The molecular weight excluding hydrogens is 222 g/mol. The summed E-state index contributed by atoms with van der Waals surface area (Å²) in [6.45, 7) is 2.27. The fourth-order valence-electron chi connectivity index (χ4n) is 3.71. The Morgan fingerprint density at radius 1 is 1.17 bits per heavy atom. The van der Waals surface area contributed by atoms with E-state index < -0.39 is 0 Å². The Labute approximate surface area is 110 Å². The molecule has 1 atom stereocenters. The number of aromatic nitrogens is 2. The molecule has 1 unspecified atom stereocenters. The highest BCUT2D eigenvalue weighted by atomic mass is 15.2. The molecule has 0 saturated heterocycles. The third-order valence-electron chi connectivity index (χ3n) is 4.77. The maximum atomic E-state index is 6.33. The first kappa shape index (κ1) is 12.1. The lowest BCUT2D eigenvalue weighted by Gasteiger charge is -2.23. The summed E-state index contributed by atoms with van der Waals surface area (Å²) in [5.74, 6) is 3.02. The molecule has 1 aliphatic heterocycles. The van der Waals surface area contributed by atoms with Gasteiger partial charge in [-0.2, -0.15) is 0 Å². The minimum absolute atomic E-state index is 0.543. The highest BCUT2D eigenvalue weighted by molar-refractivity contribution is 5.40. The predicted molar refractivity (Wildman–Crippen MR) is 74.6 cm³/mol. The minimum atomic E-state index is 0.543. The highest BCUT2D eigenvalue weighted by Crippen LogP contribution is 2.33. The Morgan fingerprint density at radius 2 is 1.94 bits per heavy atom. The Kier molecular flexibility index (Phi) is 3.31. The summed E-state index contributed by atoms with van der Waals surface area (Å²) in [6.07, 6.45) is 11.7. The van der Waals surface area contributed by atoms with Crippen LogP contribution in [0.1, 0.15) is 69.4 Å². The summed E-state index contributed by atoms with van der Waals surface area (Å²) >= 11 is 0. The van der Waals surface area contributed by atoms with Crippen LogP contribution in [-0.4, -0.2) is 9.55 Å². The van der Waals surface area contributed by atoms with E-state index in [-0.39, 0.29) is 0 Å². The van der Waals surface area contributed by atoms with Crippen molar-refractivity contribution in [2.45, 2.75) is 70.8 Å². The fraction of sp³-hybridized carbons (Fsp3) is 0.800. The molecular formula is C15H25N3. The van der Waals surface area contributed by atoms with Gasteiger partial charge in [0.1, 0.15) is 11.6 Å². The van der Waals surface area contributed by atoms with E-state index in [9.17, 15) is 0 Å². The Hall–Kier alpha value is -0.990. The van der Waals surface area contributed by atoms with Crippen LogP contribution in [0.2, 0.25) is 0 Å². The molecule has 0 bridgehead atoms. The molecule has 1 saturated carbocycles. The molecule has 0 radical (unpaired) electrons. The van der Waals surface area contributed by atoms with Gasteiger partial charge in [0.15, 0.2) is 0 Å². The van der Waals surface area contributed by atoms with Crippen LogP contribution < -0.4 is 5.73 Å². The largest absolute Gasteiger partial charge is 0.384 e. The zero-order valence-corrected chi connectivity index (χ0v) is 11.5. The average molecular weight is 247 g/mol. The van der Waals surface area contributed by atoms with E-state index in [1.54, 1.807) is 0 Å². The quantitative estimate of drug-likeness (QED) is 0.869. The number of nitrogens with zero attached hydrogens (tertiary/aromatic N) is 2. The summed E-state index contributed by atoms with van der Waals surface area (Å²) in [5, 5.41) is 0. The molecule has 3 nitrogen and oxygen atoms in total. The third-order valence-corrected chi connectivity index (χ3v) is 4.77.